The van der Waals surface area contributed by atoms with E-state index >= 15 is 0 Å². The van der Waals surface area contributed by atoms with Gasteiger partial charge in [0.1, 0.15) is 29.8 Å². The minimum atomic E-state index is -0.951. The van der Waals surface area contributed by atoms with Gasteiger partial charge in [0.2, 0.25) is 0 Å². The van der Waals surface area contributed by atoms with Crippen LogP contribution in [0.3, 0.4) is 0 Å². The molecule has 1 aromatic heterocycles. The number of halogens is 1. The molecule has 0 saturated heterocycles. The Morgan fingerprint density at radius 2 is 1.91 bits per heavy atom. The number of ether oxygens (including phenoxy) is 1. The summed E-state index contributed by atoms with van der Waals surface area (Å²) in [6.07, 6.45) is -0.951. The molecule has 0 fully saturated rings. The predicted molar refractivity (Wildman–Crippen MR) is 81.7 cm³/mol. The first kappa shape index (κ1) is 15.1. The average molecular weight is 315 g/mol. The molecule has 0 saturated carbocycles. The highest BCUT2D eigenvalue weighted by atomic mass is 19.1. The van der Waals surface area contributed by atoms with Gasteiger partial charge < -0.3 is 9.84 Å². The highest BCUT2D eigenvalue weighted by molar-refractivity contribution is 5.76. The summed E-state index contributed by atoms with van der Waals surface area (Å²) in [5.41, 5.74) is 0.183. The van der Waals surface area contributed by atoms with Gasteiger partial charge in [0, 0.05) is 0 Å². The molecule has 0 aliphatic carbocycles. The van der Waals surface area contributed by atoms with Crippen molar-refractivity contribution in [1.29, 1.82) is 0 Å². The van der Waals surface area contributed by atoms with Crippen molar-refractivity contribution >= 4 is 10.9 Å². The quantitative estimate of drug-likeness (QED) is 0.769. The summed E-state index contributed by atoms with van der Waals surface area (Å²) in [6.45, 7) is -0.0928. The molecule has 118 valence electrons. The second kappa shape index (κ2) is 6.53. The molecule has 0 aliphatic heterocycles. The van der Waals surface area contributed by atoms with Crippen LogP contribution in [-0.4, -0.2) is 32.8 Å². The number of aromatic nitrogens is 3. The number of fused-ring (bicyclic) bond motifs is 1. The summed E-state index contributed by atoms with van der Waals surface area (Å²) in [7, 11) is 0. The van der Waals surface area contributed by atoms with Gasteiger partial charge in [0.15, 0.2) is 0 Å². The van der Waals surface area contributed by atoms with Crippen molar-refractivity contribution in [3.8, 4) is 5.75 Å². The first-order valence-corrected chi connectivity index (χ1v) is 7.02. The number of hydrogen-bond donors (Lipinski definition) is 1. The SMILES string of the molecule is O=c1c2ccccc2nnn1C[C@H](O)COc1ccc(F)cc1. The molecule has 7 heteroatoms. The van der Waals surface area contributed by atoms with Gasteiger partial charge in [-0.3, -0.25) is 4.79 Å². The van der Waals surface area contributed by atoms with Gasteiger partial charge in [-0.2, -0.15) is 0 Å². The van der Waals surface area contributed by atoms with E-state index in [-0.39, 0.29) is 24.5 Å². The molecule has 0 bridgehead atoms. The molecular weight excluding hydrogens is 301 g/mol. The van der Waals surface area contributed by atoms with Gasteiger partial charge in [-0.15, -0.1) is 5.10 Å². The lowest BCUT2D eigenvalue weighted by Crippen LogP contribution is -2.32. The maximum Gasteiger partial charge on any atom is 0.277 e. The summed E-state index contributed by atoms with van der Waals surface area (Å²) < 4.78 is 19.2. The summed E-state index contributed by atoms with van der Waals surface area (Å²) in [6, 6.07) is 12.3. The van der Waals surface area contributed by atoms with Gasteiger partial charge in [-0.05, 0) is 36.4 Å². The summed E-state index contributed by atoms with van der Waals surface area (Å²) in [5.74, 6) is 0.0679. The monoisotopic (exact) mass is 315 g/mol. The van der Waals surface area contributed by atoms with E-state index in [0.717, 1.165) is 4.68 Å². The maximum atomic E-state index is 12.8. The van der Waals surface area contributed by atoms with Crippen LogP contribution in [0.25, 0.3) is 10.9 Å². The van der Waals surface area contributed by atoms with Crippen molar-refractivity contribution in [3.63, 3.8) is 0 Å². The largest absolute Gasteiger partial charge is 0.491 e. The van der Waals surface area contributed by atoms with Crippen LogP contribution in [0.15, 0.2) is 53.3 Å². The highest BCUT2D eigenvalue weighted by Gasteiger charge is 2.11. The molecule has 23 heavy (non-hydrogen) atoms. The molecule has 0 amide bonds. The Kier molecular flexibility index (Phi) is 4.29. The molecule has 1 atom stereocenters. The number of aliphatic hydroxyl groups is 1. The first-order chi connectivity index (χ1) is 11.1. The molecule has 0 radical (unpaired) electrons. The second-order valence-corrected chi connectivity index (χ2v) is 5.01. The van der Waals surface area contributed by atoms with Crippen molar-refractivity contribution in [1.82, 2.24) is 15.0 Å². The molecule has 0 aliphatic rings. The van der Waals surface area contributed by atoms with E-state index < -0.39 is 6.10 Å². The fourth-order valence-electron chi connectivity index (χ4n) is 2.12. The van der Waals surface area contributed by atoms with Crippen LogP contribution in [-0.2, 0) is 6.54 Å². The first-order valence-electron chi connectivity index (χ1n) is 7.02. The highest BCUT2D eigenvalue weighted by Crippen LogP contribution is 2.11. The van der Waals surface area contributed by atoms with Crippen molar-refractivity contribution in [2.45, 2.75) is 12.6 Å². The second-order valence-electron chi connectivity index (χ2n) is 5.01. The lowest BCUT2D eigenvalue weighted by molar-refractivity contribution is 0.0873. The minimum absolute atomic E-state index is 0.0438. The molecule has 3 aromatic rings. The van der Waals surface area contributed by atoms with Crippen molar-refractivity contribution in [2.24, 2.45) is 0 Å². The minimum Gasteiger partial charge on any atom is -0.491 e. The third kappa shape index (κ3) is 3.51. The Labute approximate surface area is 130 Å². The van der Waals surface area contributed by atoms with Crippen molar-refractivity contribution in [2.75, 3.05) is 6.61 Å². The van der Waals surface area contributed by atoms with E-state index in [1.807, 2.05) is 0 Å². The van der Waals surface area contributed by atoms with E-state index in [9.17, 15) is 14.3 Å². The number of hydrogen-bond acceptors (Lipinski definition) is 5. The van der Waals surface area contributed by atoms with E-state index in [4.69, 9.17) is 4.74 Å². The van der Waals surface area contributed by atoms with Crippen LogP contribution in [0.4, 0.5) is 4.39 Å². The summed E-state index contributed by atoms with van der Waals surface area (Å²) >= 11 is 0. The van der Waals surface area contributed by atoms with Gasteiger partial charge >= 0.3 is 0 Å². The van der Waals surface area contributed by atoms with E-state index in [2.05, 4.69) is 10.3 Å². The number of rotatable bonds is 5. The average Bonchev–Trinajstić information content (AvgIpc) is 2.57. The Morgan fingerprint density at radius 1 is 1.17 bits per heavy atom. The number of aliphatic hydroxyl groups excluding tert-OH is 1. The Bertz CT molecular complexity index is 864. The molecular formula is C16H14FN3O3. The van der Waals surface area contributed by atoms with Gasteiger partial charge in [0.25, 0.3) is 5.56 Å². The van der Waals surface area contributed by atoms with Gasteiger partial charge in [-0.25, -0.2) is 9.07 Å². The summed E-state index contributed by atoms with van der Waals surface area (Å²) in [4.78, 5) is 12.2. The van der Waals surface area contributed by atoms with Crippen LogP contribution in [0.2, 0.25) is 0 Å². The number of benzene rings is 2. The zero-order valence-corrected chi connectivity index (χ0v) is 12.1. The Morgan fingerprint density at radius 3 is 2.70 bits per heavy atom. The van der Waals surface area contributed by atoms with Crippen LogP contribution < -0.4 is 10.3 Å². The zero-order valence-electron chi connectivity index (χ0n) is 12.1. The lowest BCUT2D eigenvalue weighted by atomic mass is 10.2. The molecule has 6 nitrogen and oxygen atoms in total. The molecule has 2 aromatic carbocycles. The molecule has 0 spiro atoms. The van der Waals surface area contributed by atoms with Crippen LogP contribution in [0.1, 0.15) is 0 Å². The van der Waals surface area contributed by atoms with E-state index in [1.54, 1.807) is 24.3 Å². The smallest absolute Gasteiger partial charge is 0.277 e. The van der Waals surface area contributed by atoms with Gasteiger partial charge in [0.05, 0.1) is 11.9 Å². The Hall–Kier alpha value is -2.80. The summed E-state index contributed by atoms with van der Waals surface area (Å²) in [5, 5.41) is 18.2. The normalized spacial score (nSPS) is 12.3. The third-order valence-corrected chi connectivity index (χ3v) is 3.27. The maximum absolute atomic E-state index is 12.8. The standard InChI is InChI=1S/C16H14FN3O3/c17-11-5-7-13(8-6-11)23-10-12(21)9-20-16(22)14-3-1-2-4-15(14)18-19-20/h1-8,12,21H,9-10H2/t12-/m0/s1. The van der Waals surface area contributed by atoms with Crippen molar-refractivity contribution in [3.05, 3.63) is 64.7 Å². The third-order valence-electron chi connectivity index (χ3n) is 3.27. The van der Waals surface area contributed by atoms with E-state index in [0.29, 0.717) is 16.7 Å². The molecule has 1 N–H and O–H groups in total. The van der Waals surface area contributed by atoms with Crippen LogP contribution in [0, 0.1) is 5.82 Å². The topological polar surface area (TPSA) is 77.2 Å². The van der Waals surface area contributed by atoms with E-state index in [1.165, 1.54) is 24.3 Å². The fraction of sp³-hybridized carbons (Fsp3) is 0.188. The lowest BCUT2D eigenvalue weighted by Gasteiger charge is -2.13. The van der Waals surface area contributed by atoms with Gasteiger partial charge in [-0.1, -0.05) is 17.3 Å². The Balaban J connectivity index is 1.68. The molecule has 0 unspecified atom stereocenters. The zero-order chi connectivity index (χ0) is 16.2. The van der Waals surface area contributed by atoms with Crippen molar-refractivity contribution < 1.29 is 14.2 Å². The molecule has 3 rings (SSSR count). The molecule has 1 heterocycles. The van der Waals surface area contributed by atoms with Crippen LogP contribution >= 0.6 is 0 Å². The predicted octanol–water partition coefficient (Wildman–Crippen LogP) is 1.37. The van der Waals surface area contributed by atoms with Crippen LogP contribution in [0.5, 0.6) is 5.75 Å². The number of nitrogens with zero attached hydrogens (tertiary/aromatic N) is 3. The fourth-order valence-corrected chi connectivity index (χ4v) is 2.12.